The molecule has 2 nitrogen and oxygen atoms in total. The number of rotatable bonds is 3. The van der Waals surface area contributed by atoms with Gasteiger partial charge in [-0.3, -0.25) is 0 Å². The maximum absolute atomic E-state index is 10.3. The SMILES string of the molecule is CC(C)(C)c1cc(O)ccc1C(C)(c1ccccc1)c1ccc(O)cc1C(C)(C)C. The quantitative estimate of drug-likeness (QED) is 0.461. The van der Waals surface area contributed by atoms with E-state index in [1.807, 2.05) is 18.2 Å². The van der Waals surface area contributed by atoms with E-state index in [1.165, 1.54) is 5.56 Å². The van der Waals surface area contributed by atoms with Crippen LogP contribution in [0, 0.1) is 0 Å². The summed E-state index contributed by atoms with van der Waals surface area (Å²) in [6.45, 7) is 15.3. The third-order valence-corrected chi connectivity index (χ3v) is 6.05. The molecule has 0 saturated carbocycles. The summed E-state index contributed by atoms with van der Waals surface area (Å²) in [4.78, 5) is 0. The van der Waals surface area contributed by atoms with E-state index in [1.54, 1.807) is 12.1 Å². The van der Waals surface area contributed by atoms with Crippen molar-refractivity contribution in [3.63, 3.8) is 0 Å². The molecule has 0 atom stereocenters. The Balaban J connectivity index is 2.47. The van der Waals surface area contributed by atoms with Gasteiger partial charge in [0.15, 0.2) is 0 Å². The standard InChI is InChI=1S/C28H34O2/c1-26(2,3)24-17-20(29)13-15-22(24)28(7,19-11-9-8-10-12-19)23-16-14-21(30)18-25(23)27(4,5)6/h8-18,29-30H,1-7H3. The van der Waals surface area contributed by atoms with Crippen molar-refractivity contribution in [1.82, 2.24) is 0 Å². The van der Waals surface area contributed by atoms with E-state index in [4.69, 9.17) is 0 Å². The Morgan fingerprint density at radius 3 is 1.27 bits per heavy atom. The largest absolute Gasteiger partial charge is 0.508 e. The molecule has 0 aliphatic rings. The van der Waals surface area contributed by atoms with E-state index in [2.05, 4.69) is 84.9 Å². The molecule has 0 unspecified atom stereocenters. The first kappa shape index (κ1) is 22.0. The van der Waals surface area contributed by atoms with Crippen LogP contribution in [0.1, 0.15) is 76.3 Å². The van der Waals surface area contributed by atoms with Gasteiger partial charge in [0, 0.05) is 5.41 Å². The van der Waals surface area contributed by atoms with Crippen LogP contribution in [0.15, 0.2) is 66.7 Å². The van der Waals surface area contributed by atoms with Gasteiger partial charge in [0.25, 0.3) is 0 Å². The van der Waals surface area contributed by atoms with E-state index in [0.717, 1.165) is 22.3 Å². The Bertz CT molecular complexity index is 971. The van der Waals surface area contributed by atoms with Gasteiger partial charge in [-0.2, -0.15) is 0 Å². The zero-order chi connectivity index (χ0) is 22.3. The second-order valence-corrected chi connectivity index (χ2v) is 10.5. The fraction of sp³-hybridized carbons (Fsp3) is 0.357. The van der Waals surface area contributed by atoms with Crippen molar-refractivity contribution in [3.8, 4) is 11.5 Å². The van der Waals surface area contributed by atoms with Crippen molar-refractivity contribution in [3.05, 3.63) is 94.5 Å². The monoisotopic (exact) mass is 402 g/mol. The lowest BCUT2D eigenvalue weighted by atomic mass is 9.63. The Kier molecular flexibility index (Phi) is 5.49. The summed E-state index contributed by atoms with van der Waals surface area (Å²) in [6, 6.07) is 22.0. The second-order valence-electron chi connectivity index (χ2n) is 10.5. The normalized spacial score (nSPS) is 12.8. The lowest BCUT2D eigenvalue weighted by Gasteiger charge is -2.40. The number of hydrogen-bond acceptors (Lipinski definition) is 2. The lowest BCUT2D eigenvalue weighted by molar-refractivity contribution is 0.465. The average Bonchev–Trinajstić information content (AvgIpc) is 2.66. The third kappa shape index (κ3) is 3.96. The van der Waals surface area contributed by atoms with Crippen LogP contribution in [0.2, 0.25) is 0 Å². The smallest absolute Gasteiger partial charge is 0.115 e. The predicted octanol–water partition coefficient (Wildman–Crippen LogP) is 7.05. The summed E-state index contributed by atoms with van der Waals surface area (Å²) in [5, 5.41) is 20.6. The highest BCUT2D eigenvalue weighted by molar-refractivity contribution is 5.58. The Morgan fingerprint density at radius 1 is 0.500 bits per heavy atom. The molecule has 0 radical (unpaired) electrons. The summed E-state index contributed by atoms with van der Waals surface area (Å²) < 4.78 is 0. The third-order valence-electron chi connectivity index (χ3n) is 6.05. The highest BCUT2D eigenvalue weighted by atomic mass is 16.3. The van der Waals surface area contributed by atoms with Crippen LogP contribution in [-0.4, -0.2) is 10.2 Å². The molecule has 158 valence electrons. The van der Waals surface area contributed by atoms with Crippen LogP contribution in [-0.2, 0) is 16.2 Å². The Hall–Kier alpha value is -2.74. The molecule has 2 N–H and O–H groups in total. The molecule has 3 aromatic rings. The first-order valence-electron chi connectivity index (χ1n) is 10.6. The van der Waals surface area contributed by atoms with Gasteiger partial charge in [0.1, 0.15) is 11.5 Å². The van der Waals surface area contributed by atoms with Gasteiger partial charge in [-0.1, -0.05) is 84.0 Å². The Labute approximate surface area is 181 Å². The van der Waals surface area contributed by atoms with Crippen molar-refractivity contribution < 1.29 is 10.2 Å². The van der Waals surface area contributed by atoms with E-state index >= 15 is 0 Å². The maximum Gasteiger partial charge on any atom is 0.115 e. The molecule has 3 rings (SSSR count). The molecule has 0 aromatic heterocycles. The molecule has 0 spiro atoms. The van der Waals surface area contributed by atoms with Crippen LogP contribution >= 0.6 is 0 Å². The van der Waals surface area contributed by atoms with Gasteiger partial charge < -0.3 is 10.2 Å². The second kappa shape index (κ2) is 7.50. The van der Waals surface area contributed by atoms with Gasteiger partial charge >= 0.3 is 0 Å². The summed E-state index contributed by atoms with van der Waals surface area (Å²) in [6.07, 6.45) is 0. The van der Waals surface area contributed by atoms with Crippen molar-refractivity contribution in [1.29, 1.82) is 0 Å². The number of phenols is 2. The number of aromatic hydroxyl groups is 2. The minimum Gasteiger partial charge on any atom is -0.508 e. The van der Waals surface area contributed by atoms with E-state index in [0.29, 0.717) is 0 Å². The van der Waals surface area contributed by atoms with Gasteiger partial charge in [0.2, 0.25) is 0 Å². The van der Waals surface area contributed by atoms with Crippen molar-refractivity contribution in [2.45, 2.75) is 64.7 Å². The molecule has 0 bridgehead atoms. The number of benzene rings is 3. The predicted molar refractivity (Wildman–Crippen MR) is 126 cm³/mol. The Morgan fingerprint density at radius 2 is 0.900 bits per heavy atom. The summed E-state index contributed by atoms with van der Waals surface area (Å²) in [5.41, 5.74) is 4.96. The van der Waals surface area contributed by atoms with Crippen LogP contribution in [0.4, 0.5) is 0 Å². The topological polar surface area (TPSA) is 40.5 Å². The minimum absolute atomic E-state index is 0.150. The van der Waals surface area contributed by atoms with Crippen LogP contribution in [0.25, 0.3) is 0 Å². The van der Waals surface area contributed by atoms with Gasteiger partial charge in [-0.05, 0) is 69.8 Å². The lowest BCUT2D eigenvalue weighted by Crippen LogP contribution is -2.32. The zero-order valence-corrected chi connectivity index (χ0v) is 19.2. The average molecular weight is 403 g/mol. The molecule has 0 heterocycles. The molecule has 2 heteroatoms. The van der Waals surface area contributed by atoms with E-state index in [-0.39, 0.29) is 22.3 Å². The molecule has 0 amide bonds. The molecule has 0 saturated heterocycles. The fourth-order valence-electron chi connectivity index (χ4n) is 4.41. The molecule has 3 aromatic carbocycles. The highest BCUT2D eigenvalue weighted by Gasteiger charge is 2.38. The molecule has 30 heavy (non-hydrogen) atoms. The van der Waals surface area contributed by atoms with E-state index < -0.39 is 5.41 Å². The van der Waals surface area contributed by atoms with Crippen molar-refractivity contribution in [2.75, 3.05) is 0 Å². The highest BCUT2D eigenvalue weighted by Crippen LogP contribution is 2.47. The van der Waals surface area contributed by atoms with Crippen LogP contribution in [0.3, 0.4) is 0 Å². The molecule has 0 fully saturated rings. The number of phenolic OH excluding ortho intramolecular Hbond substituents is 2. The molecule has 0 aliphatic carbocycles. The van der Waals surface area contributed by atoms with Gasteiger partial charge in [-0.25, -0.2) is 0 Å². The van der Waals surface area contributed by atoms with Crippen LogP contribution in [0.5, 0.6) is 11.5 Å². The number of hydrogen-bond donors (Lipinski definition) is 2. The first-order valence-corrected chi connectivity index (χ1v) is 10.6. The molecular formula is C28H34O2. The summed E-state index contributed by atoms with van der Waals surface area (Å²) in [5.74, 6) is 0.557. The van der Waals surface area contributed by atoms with Crippen LogP contribution < -0.4 is 0 Å². The minimum atomic E-state index is -0.464. The van der Waals surface area contributed by atoms with Crippen molar-refractivity contribution >= 4 is 0 Å². The van der Waals surface area contributed by atoms with Gasteiger partial charge in [-0.15, -0.1) is 0 Å². The maximum atomic E-state index is 10.3. The molecular weight excluding hydrogens is 368 g/mol. The first-order chi connectivity index (χ1) is 13.8. The molecule has 0 aliphatic heterocycles. The zero-order valence-electron chi connectivity index (χ0n) is 19.2. The van der Waals surface area contributed by atoms with Gasteiger partial charge in [0.05, 0.1) is 0 Å². The van der Waals surface area contributed by atoms with Crippen molar-refractivity contribution in [2.24, 2.45) is 0 Å². The summed E-state index contributed by atoms with van der Waals surface area (Å²) in [7, 11) is 0. The van der Waals surface area contributed by atoms with E-state index in [9.17, 15) is 10.2 Å². The summed E-state index contributed by atoms with van der Waals surface area (Å²) >= 11 is 0. The fourth-order valence-corrected chi connectivity index (χ4v) is 4.41.